The standard InChI is InChI=1S/C24H24N2O5S/c1-30-20-12-7-19(8-13-20)17-25-24(27)16-11-18-9-14-21(15-10-18)32(28,29)26-22-5-3-4-6-23(22)31-2/h3-16,26H,17H2,1-2H3,(H,25,27)/b16-11+. The van der Waals surface area contributed by atoms with Gasteiger partial charge in [-0.05, 0) is 53.6 Å². The highest BCUT2D eigenvalue weighted by atomic mass is 32.2. The van der Waals surface area contributed by atoms with Gasteiger partial charge in [-0.25, -0.2) is 8.42 Å². The zero-order chi connectivity index (χ0) is 23.0. The Bertz CT molecular complexity index is 1190. The van der Waals surface area contributed by atoms with Crippen molar-refractivity contribution in [2.45, 2.75) is 11.4 Å². The van der Waals surface area contributed by atoms with Crippen molar-refractivity contribution in [1.29, 1.82) is 0 Å². The number of benzene rings is 3. The number of carbonyl (C=O) groups excluding carboxylic acids is 1. The minimum atomic E-state index is -3.78. The lowest BCUT2D eigenvalue weighted by Crippen LogP contribution is -2.20. The zero-order valence-corrected chi connectivity index (χ0v) is 18.6. The summed E-state index contributed by atoms with van der Waals surface area (Å²) in [7, 11) is -0.709. The summed E-state index contributed by atoms with van der Waals surface area (Å²) in [6, 6.07) is 20.4. The van der Waals surface area contributed by atoms with Crippen molar-refractivity contribution < 1.29 is 22.7 Å². The summed E-state index contributed by atoms with van der Waals surface area (Å²) in [5, 5.41) is 2.80. The van der Waals surface area contributed by atoms with E-state index in [9.17, 15) is 13.2 Å². The van der Waals surface area contributed by atoms with Crippen LogP contribution < -0.4 is 19.5 Å². The first-order valence-corrected chi connectivity index (χ1v) is 11.2. The smallest absolute Gasteiger partial charge is 0.262 e. The van der Waals surface area contributed by atoms with Crippen LogP contribution in [0.3, 0.4) is 0 Å². The average molecular weight is 453 g/mol. The monoisotopic (exact) mass is 452 g/mol. The first kappa shape index (κ1) is 22.9. The molecule has 3 aromatic rings. The van der Waals surface area contributed by atoms with E-state index in [1.54, 1.807) is 49.6 Å². The molecule has 0 aromatic heterocycles. The lowest BCUT2D eigenvalue weighted by molar-refractivity contribution is -0.116. The largest absolute Gasteiger partial charge is 0.497 e. The molecule has 0 saturated carbocycles. The first-order valence-electron chi connectivity index (χ1n) is 9.76. The Hall–Kier alpha value is -3.78. The van der Waals surface area contributed by atoms with E-state index in [0.717, 1.165) is 11.3 Å². The molecular formula is C24H24N2O5S. The number of sulfonamides is 1. The Balaban J connectivity index is 1.59. The molecular weight excluding hydrogens is 428 g/mol. The average Bonchev–Trinajstić information content (AvgIpc) is 2.82. The topological polar surface area (TPSA) is 93.7 Å². The van der Waals surface area contributed by atoms with Gasteiger partial charge in [-0.1, -0.05) is 36.4 Å². The van der Waals surface area contributed by atoms with Crippen LogP contribution in [0.5, 0.6) is 11.5 Å². The molecule has 0 radical (unpaired) electrons. The van der Waals surface area contributed by atoms with Crippen molar-refractivity contribution in [1.82, 2.24) is 5.32 Å². The van der Waals surface area contributed by atoms with E-state index in [1.165, 1.54) is 25.3 Å². The number of anilines is 1. The zero-order valence-electron chi connectivity index (χ0n) is 17.7. The predicted molar refractivity (Wildman–Crippen MR) is 124 cm³/mol. The number of rotatable bonds is 9. The summed E-state index contributed by atoms with van der Waals surface area (Å²) in [5.74, 6) is 0.926. The normalized spacial score (nSPS) is 11.2. The summed E-state index contributed by atoms with van der Waals surface area (Å²) in [4.78, 5) is 12.2. The van der Waals surface area contributed by atoms with Crippen LogP contribution in [0, 0.1) is 0 Å². The highest BCUT2D eigenvalue weighted by molar-refractivity contribution is 7.92. The number of methoxy groups -OCH3 is 2. The number of nitrogens with one attached hydrogen (secondary N) is 2. The van der Waals surface area contributed by atoms with Crippen LogP contribution in [0.2, 0.25) is 0 Å². The van der Waals surface area contributed by atoms with Gasteiger partial charge in [-0.3, -0.25) is 9.52 Å². The van der Waals surface area contributed by atoms with Crippen LogP contribution in [0.1, 0.15) is 11.1 Å². The quantitative estimate of drug-likeness (QED) is 0.481. The van der Waals surface area contributed by atoms with E-state index in [0.29, 0.717) is 23.5 Å². The molecule has 0 spiro atoms. The van der Waals surface area contributed by atoms with E-state index in [4.69, 9.17) is 9.47 Å². The number of hydrogen-bond acceptors (Lipinski definition) is 5. The highest BCUT2D eigenvalue weighted by Crippen LogP contribution is 2.26. The summed E-state index contributed by atoms with van der Waals surface area (Å²) in [5.41, 5.74) is 2.00. The Morgan fingerprint density at radius 3 is 2.25 bits per heavy atom. The first-order chi connectivity index (χ1) is 15.4. The van der Waals surface area contributed by atoms with Crippen LogP contribution in [0.4, 0.5) is 5.69 Å². The summed E-state index contributed by atoms with van der Waals surface area (Å²) < 4.78 is 38.1. The molecule has 0 bridgehead atoms. The van der Waals surface area contributed by atoms with E-state index < -0.39 is 10.0 Å². The second kappa shape index (κ2) is 10.5. The molecule has 0 aliphatic rings. The highest BCUT2D eigenvalue weighted by Gasteiger charge is 2.16. The van der Waals surface area contributed by atoms with Gasteiger partial charge in [0.2, 0.25) is 5.91 Å². The summed E-state index contributed by atoms with van der Waals surface area (Å²) >= 11 is 0. The van der Waals surface area contributed by atoms with Crippen molar-refractivity contribution >= 4 is 27.7 Å². The molecule has 1 amide bonds. The van der Waals surface area contributed by atoms with Gasteiger partial charge in [-0.15, -0.1) is 0 Å². The fourth-order valence-electron chi connectivity index (χ4n) is 2.85. The second-order valence-electron chi connectivity index (χ2n) is 6.77. The van der Waals surface area contributed by atoms with Gasteiger partial charge in [0.05, 0.1) is 24.8 Å². The molecule has 7 nitrogen and oxygen atoms in total. The van der Waals surface area contributed by atoms with Gasteiger partial charge in [0.1, 0.15) is 11.5 Å². The maximum Gasteiger partial charge on any atom is 0.262 e. The van der Waals surface area contributed by atoms with Crippen molar-refractivity contribution in [3.63, 3.8) is 0 Å². The molecule has 0 aliphatic heterocycles. The van der Waals surface area contributed by atoms with Gasteiger partial charge in [0, 0.05) is 12.6 Å². The minimum Gasteiger partial charge on any atom is -0.497 e. The fourth-order valence-corrected chi connectivity index (χ4v) is 3.92. The molecule has 0 unspecified atom stereocenters. The number of amides is 1. The molecule has 0 fully saturated rings. The van der Waals surface area contributed by atoms with Crippen molar-refractivity contribution in [2.75, 3.05) is 18.9 Å². The molecule has 166 valence electrons. The molecule has 8 heteroatoms. The van der Waals surface area contributed by atoms with Gasteiger partial charge in [0.25, 0.3) is 10.0 Å². The van der Waals surface area contributed by atoms with Crippen LogP contribution in [-0.4, -0.2) is 28.5 Å². The molecule has 0 aliphatic carbocycles. The minimum absolute atomic E-state index is 0.101. The molecule has 3 rings (SSSR count). The van der Waals surface area contributed by atoms with E-state index >= 15 is 0 Å². The third kappa shape index (κ3) is 6.12. The molecule has 32 heavy (non-hydrogen) atoms. The number of hydrogen-bond donors (Lipinski definition) is 2. The molecule has 0 heterocycles. The number of ether oxygens (including phenoxy) is 2. The lowest BCUT2D eigenvalue weighted by atomic mass is 10.2. The van der Waals surface area contributed by atoms with Crippen molar-refractivity contribution in [3.05, 3.63) is 90.0 Å². The van der Waals surface area contributed by atoms with Gasteiger partial charge in [-0.2, -0.15) is 0 Å². The van der Waals surface area contributed by atoms with Crippen LogP contribution >= 0.6 is 0 Å². The van der Waals surface area contributed by atoms with E-state index in [1.807, 2.05) is 24.3 Å². The Morgan fingerprint density at radius 1 is 0.906 bits per heavy atom. The van der Waals surface area contributed by atoms with E-state index in [-0.39, 0.29) is 10.8 Å². The van der Waals surface area contributed by atoms with Crippen LogP contribution in [0.25, 0.3) is 6.08 Å². The Kier molecular flexibility index (Phi) is 7.51. The number of para-hydroxylation sites is 2. The molecule has 3 aromatic carbocycles. The molecule has 0 saturated heterocycles. The van der Waals surface area contributed by atoms with E-state index in [2.05, 4.69) is 10.0 Å². The maximum atomic E-state index is 12.7. The lowest BCUT2D eigenvalue weighted by Gasteiger charge is -2.11. The van der Waals surface area contributed by atoms with Gasteiger partial charge < -0.3 is 14.8 Å². The van der Waals surface area contributed by atoms with Gasteiger partial charge >= 0.3 is 0 Å². The van der Waals surface area contributed by atoms with Crippen molar-refractivity contribution in [3.8, 4) is 11.5 Å². The fraction of sp³-hybridized carbons (Fsp3) is 0.125. The second-order valence-corrected chi connectivity index (χ2v) is 8.46. The van der Waals surface area contributed by atoms with Gasteiger partial charge in [0.15, 0.2) is 0 Å². The van der Waals surface area contributed by atoms with Crippen molar-refractivity contribution in [2.24, 2.45) is 0 Å². The summed E-state index contributed by atoms with van der Waals surface area (Å²) in [6.45, 7) is 0.388. The molecule has 0 atom stereocenters. The maximum absolute atomic E-state index is 12.7. The molecule has 2 N–H and O–H groups in total. The third-order valence-corrected chi connectivity index (χ3v) is 5.98. The summed E-state index contributed by atoms with van der Waals surface area (Å²) in [6.07, 6.45) is 3.02. The Labute approximate surface area is 187 Å². The SMILES string of the molecule is COc1ccc(CNC(=O)/C=C/c2ccc(S(=O)(=O)Nc3ccccc3OC)cc2)cc1. The number of carbonyl (C=O) groups is 1. The van der Waals surface area contributed by atoms with Crippen LogP contribution in [0.15, 0.2) is 83.8 Å². The van der Waals surface area contributed by atoms with Crippen LogP contribution in [-0.2, 0) is 21.4 Å². The third-order valence-electron chi connectivity index (χ3n) is 4.59. The predicted octanol–water partition coefficient (Wildman–Crippen LogP) is 3.83. The Morgan fingerprint density at radius 2 is 1.59 bits per heavy atom.